The number of benzene rings is 2. The quantitative estimate of drug-likeness (QED) is 0.445. The van der Waals surface area contributed by atoms with Crippen LogP contribution in [0, 0.1) is 23.0 Å². The Hall–Kier alpha value is -4.01. The molecule has 1 N–H and O–H groups in total. The van der Waals surface area contributed by atoms with E-state index in [9.17, 15) is 14.9 Å². The molecule has 33 heavy (non-hydrogen) atoms. The number of carbonyl (C=O) groups is 1. The normalized spacial score (nSPS) is 14.1. The van der Waals surface area contributed by atoms with Gasteiger partial charge in [-0.15, -0.1) is 0 Å². The van der Waals surface area contributed by atoms with E-state index in [0.29, 0.717) is 37.2 Å². The van der Waals surface area contributed by atoms with Crippen molar-refractivity contribution in [3.05, 3.63) is 70.5 Å². The van der Waals surface area contributed by atoms with Gasteiger partial charge >= 0.3 is 0 Å². The summed E-state index contributed by atoms with van der Waals surface area (Å²) in [6.45, 7) is 3.16. The lowest BCUT2D eigenvalue weighted by molar-refractivity contribution is -0.384. The number of aryl methyl sites for hydroxylation is 1. The number of hydrogen-bond donors (Lipinski definition) is 1. The van der Waals surface area contributed by atoms with Gasteiger partial charge in [0.05, 0.1) is 17.7 Å². The first-order chi connectivity index (χ1) is 15.9. The van der Waals surface area contributed by atoms with E-state index in [0.717, 1.165) is 22.8 Å². The Morgan fingerprint density at radius 3 is 2.48 bits per heavy atom. The number of hydrogen-bond acceptors (Lipinski definition) is 7. The number of nitrogens with one attached hydrogen (secondary N) is 1. The Kier molecular flexibility index (Phi) is 6.48. The summed E-state index contributed by atoms with van der Waals surface area (Å²) in [6.07, 6.45) is 2.95. The van der Waals surface area contributed by atoms with E-state index in [-0.39, 0.29) is 17.5 Å². The third-order valence-corrected chi connectivity index (χ3v) is 5.91. The first-order valence-corrected chi connectivity index (χ1v) is 10.7. The number of ether oxygens (including phenoxy) is 1. The summed E-state index contributed by atoms with van der Waals surface area (Å²) < 4.78 is 5.21. The topological polar surface area (TPSA) is 110 Å². The monoisotopic (exact) mass is 447 g/mol. The van der Waals surface area contributed by atoms with Gasteiger partial charge in [-0.25, -0.2) is 9.97 Å². The molecule has 170 valence electrons. The molecule has 1 aromatic heterocycles. The number of carbonyl (C=O) groups excluding carboxylic acids is 1. The van der Waals surface area contributed by atoms with Crippen LogP contribution in [-0.2, 0) is 4.79 Å². The zero-order chi connectivity index (χ0) is 23.4. The SMILES string of the molecule is COc1ccc(-c2cc(N3CCC(C(=O)Nc4ccc([N+](=O)[O-])cc4C)CC3)ncn2)cc1. The Bertz CT molecular complexity index is 1160. The van der Waals surface area contributed by atoms with Crippen molar-refractivity contribution in [1.82, 2.24) is 9.97 Å². The van der Waals surface area contributed by atoms with Gasteiger partial charge in [-0.05, 0) is 55.7 Å². The van der Waals surface area contributed by atoms with Crippen LogP contribution in [0.1, 0.15) is 18.4 Å². The molecule has 0 unspecified atom stereocenters. The molecule has 0 saturated carbocycles. The van der Waals surface area contributed by atoms with Gasteiger partial charge < -0.3 is 15.0 Å². The van der Waals surface area contributed by atoms with Crippen LogP contribution in [0.3, 0.4) is 0 Å². The lowest BCUT2D eigenvalue weighted by Crippen LogP contribution is -2.38. The molecule has 0 spiro atoms. The highest BCUT2D eigenvalue weighted by atomic mass is 16.6. The molecule has 0 bridgehead atoms. The summed E-state index contributed by atoms with van der Waals surface area (Å²) in [5, 5.41) is 13.8. The van der Waals surface area contributed by atoms with Crippen molar-refractivity contribution in [2.24, 2.45) is 5.92 Å². The summed E-state index contributed by atoms with van der Waals surface area (Å²) in [6, 6.07) is 14.1. The molecule has 0 atom stereocenters. The standard InChI is InChI=1S/C24H25N5O4/c1-16-13-19(29(31)32)5-8-21(16)27-24(30)18-9-11-28(12-10-18)23-14-22(25-15-26-23)17-3-6-20(33-2)7-4-17/h3-8,13-15,18H,9-12H2,1-2H3,(H,27,30). The highest BCUT2D eigenvalue weighted by Gasteiger charge is 2.26. The summed E-state index contributed by atoms with van der Waals surface area (Å²) in [4.78, 5) is 34.2. The van der Waals surface area contributed by atoms with E-state index >= 15 is 0 Å². The lowest BCUT2D eigenvalue weighted by atomic mass is 9.95. The smallest absolute Gasteiger partial charge is 0.269 e. The van der Waals surface area contributed by atoms with Crippen LogP contribution < -0.4 is 15.0 Å². The van der Waals surface area contributed by atoms with E-state index in [1.807, 2.05) is 30.3 Å². The zero-order valence-electron chi connectivity index (χ0n) is 18.5. The zero-order valence-corrected chi connectivity index (χ0v) is 18.5. The minimum atomic E-state index is -0.443. The Morgan fingerprint density at radius 1 is 1.12 bits per heavy atom. The fourth-order valence-corrected chi connectivity index (χ4v) is 3.95. The fraction of sp³-hybridized carbons (Fsp3) is 0.292. The predicted molar refractivity (Wildman–Crippen MR) is 125 cm³/mol. The molecule has 2 heterocycles. The molecule has 9 nitrogen and oxygen atoms in total. The molecule has 1 amide bonds. The van der Waals surface area contributed by atoms with Crippen LogP contribution in [0.2, 0.25) is 0 Å². The van der Waals surface area contributed by atoms with E-state index in [4.69, 9.17) is 4.74 Å². The van der Waals surface area contributed by atoms with Gasteiger partial charge in [-0.1, -0.05) is 0 Å². The number of nitro groups is 1. The first-order valence-electron chi connectivity index (χ1n) is 10.7. The lowest BCUT2D eigenvalue weighted by Gasteiger charge is -2.32. The Labute approximate surface area is 191 Å². The minimum absolute atomic E-state index is 0.0117. The van der Waals surface area contributed by atoms with Crippen molar-refractivity contribution in [2.45, 2.75) is 19.8 Å². The van der Waals surface area contributed by atoms with Crippen LogP contribution in [-0.4, -0.2) is 41.0 Å². The Morgan fingerprint density at radius 2 is 1.85 bits per heavy atom. The summed E-state index contributed by atoms with van der Waals surface area (Å²) in [5.41, 5.74) is 3.09. The third kappa shape index (κ3) is 5.08. The van der Waals surface area contributed by atoms with E-state index in [1.54, 1.807) is 26.4 Å². The van der Waals surface area contributed by atoms with Crippen molar-refractivity contribution in [3.8, 4) is 17.0 Å². The summed E-state index contributed by atoms with van der Waals surface area (Å²) in [7, 11) is 1.63. The first kappa shape index (κ1) is 22.2. The largest absolute Gasteiger partial charge is 0.497 e. The molecule has 1 saturated heterocycles. The molecule has 1 fully saturated rings. The molecule has 2 aromatic carbocycles. The predicted octanol–water partition coefficient (Wildman–Crippen LogP) is 4.22. The van der Waals surface area contributed by atoms with Crippen LogP contribution in [0.5, 0.6) is 5.75 Å². The molecule has 3 aromatic rings. The third-order valence-electron chi connectivity index (χ3n) is 5.91. The number of non-ortho nitro benzene ring substituents is 1. The highest BCUT2D eigenvalue weighted by Crippen LogP contribution is 2.28. The van der Waals surface area contributed by atoms with Crippen molar-refractivity contribution in [2.75, 3.05) is 30.4 Å². The second-order valence-corrected chi connectivity index (χ2v) is 8.00. The fourth-order valence-electron chi connectivity index (χ4n) is 3.95. The second-order valence-electron chi connectivity index (χ2n) is 8.00. The second kappa shape index (κ2) is 9.64. The van der Waals surface area contributed by atoms with Gasteiger partial charge in [0.15, 0.2) is 0 Å². The van der Waals surface area contributed by atoms with Crippen molar-refractivity contribution >= 4 is 23.1 Å². The molecule has 0 aliphatic carbocycles. The average molecular weight is 447 g/mol. The minimum Gasteiger partial charge on any atom is -0.497 e. The van der Waals surface area contributed by atoms with Gasteiger partial charge in [0.1, 0.15) is 17.9 Å². The van der Waals surface area contributed by atoms with Gasteiger partial charge in [0.25, 0.3) is 5.69 Å². The number of aromatic nitrogens is 2. The molecule has 1 aliphatic heterocycles. The molecular formula is C24H25N5O4. The van der Waals surface area contributed by atoms with Crippen LogP contribution >= 0.6 is 0 Å². The van der Waals surface area contributed by atoms with Crippen LogP contribution in [0.25, 0.3) is 11.3 Å². The Balaban J connectivity index is 1.37. The molecule has 9 heteroatoms. The number of anilines is 2. The van der Waals surface area contributed by atoms with E-state index in [1.165, 1.54) is 12.1 Å². The van der Waals surface area contributed by atoms with Crippen molar-refractivity contribution < 1.29 is 14.5 Å². The highest BCUT2D eigenvalue weighted by molar-refractivity contribution is 5.93. The van der Waals surface area contributed by atoms with E-state index in [2.05, 4.69) is 20.2 Å². The van der Waals surface area contributed by atoms with E-state index < -0.39 is 4.92 Å². The van der Waals surface area contributed by atoms with Gasteiger partial charge in [0.2, 0.25) is 5.91 Å². The number of rotatable bonds is 6. The maximum absolute atomic E-state index is 12.8. The van der Waals surface area contributed by atoms with Crippen molar-refractivity contribution in [1.29, 1.82) is 0 Å². The van der Waals surface area contributed by atoms with Gasteiger partial charge in [-0.3, -0.25) is 14.9 Å². The van der Waals surface area contributed by atoms with Gasteiger partial charge in [0, 0.05) is 48.5 Å². The molecule has 4 rings (SSSR count). The van der Waals surface area contributed by atoms with Crippen LogP contribution in [0.4, 0.5) is 17.2 Å². The average Bonchev–Trinajstić information content (AvgIpc) is 2.85. The van der Waals surface area contributed by atoms with Crippen LogP contribution in [0.15, 0.2) is 54.9 Å². The number of nitrogens with zero attached hydrogens (tertiary/aromatic N) is 4. The number of nitro benzene ring substituents is 1. The maximum atomic E-state index is 12.8. The number of piperidine rings is 1. The van der Waals surface area contributed by atoms with Crippen molar-refractivity contribution in [3.63, 3.8) is 0 Å². The maximum Gasteiger partial charge on any atom is 0.269 e. The molecular weight excluding hydrogens is 422 g/mol. The van der Waals surface area contributed by atoms with Gasteiger partial charge in [-0.2, -0.15) is 0 Å². The summed E-state index contributed by atoms with van der Waals surface area (Å²) >= 11 is 0. The summed E-state index contributed by atoms with van der Waals surface area (Å²) in [5.74, 6) is 1.44. The number of amides is 1. The molecule has 0 radical (unpaired) electrons. The molecule has 1 aliphatic rings. The number of methoxy groups -OCH3 is 1.